The predicted molar refractivity (Wildman–Crippen MR) is 78.6 cm³/mol. The van der Waals surface area contributed by atoms with E-state index in [2.05, 4.69) is 0 Å². The van der Waals surface area contributed by atoms with Gasteiger partial charge in [-0.25, -0.2) is 8.42 Å². The van der Waals surface area contributed by atoms with Gasteiger partial charge < -0.3 is 9.84 Å². The summed E-state index contributed by atoms with van der Waals surface area (Å²) in [5, 5.41) is 10.6. The minimum Gasteiger partial charge on any atom is -0.466 e. The van der Waals surface area contributed by atoms with Crippen LogP contribution in [-0.4, -0.2) is 67.7 Å². The maximum absolute atomic E-state index is 11.7. The predicted octanol–water partition coefficient (Wildman–Crippen LogP) is 0.201. The first-order valence-corrected chi connectivity index (χ1v) is 9.47. The van der Waals surface area contributed by atoms with Crippen molar-refractivity contribution in [2.75, 3.05) is 37.7 Å². The molecule has 1 aliphatic heterocycles. The summed E-state index contributed by atoms with van der Waals surface area (Å²) in [4.78, 5) is 13.7. The Labute approximate surface area is 126 Å². The molecule has 1 N–H and O–H groups in total. The van der Waals surface area contributed by atoms with Gasteiger partial charge in [-0.2, -0.15) is 0 Å². The van der Waals surface area contributed by atoms with Crippen molar-refractivity contribution in [3.8, 4) is 0 Å². The molecule has 0 aromatic carbocycles. The van der Waals surface area contributed by atoms with Crippen LogP contribution in [-0.2, 0) is 19.4 Å². The summed E-state index contributed by atoms with van der Waals surface area (Å²) < 4.78 is 27.8. The maximum atomic E-state index is 11.7. The molecule has 1 aliphatic carbocycles. The summed E-state index contributed by atoms with van der Waals surface area (Å²) in [6, 6.07) is 0. The third-order valence-corrected chi connectivity index (χ3v) is 6.10. The van der Waals surface area contributed by atoms with E-state index >= 15 is 0 Å². The summed E-state index contributed by atoms with van der Waals surface area (Å²) in [5.41, 5.74) is -0.801. The van der Waals surface area contributed by atoms with Gasteiger partial charge in [-0.15, -0.1) is 0 Å². The van der Waals surface area contributed by atoms with Gasteiger partial charge in [-0.05, 0) is 32.6 Å². The van der Waals surface area contributed by atoms with E-state index in [0.717, 1.165) is 0 Å². The highest BCUT2D eigenvalue weighted by molar-refractivity contribution is 7.91. The third kappa shape index (κ3) is 4.66. The second kappa shape index (κ2) is 6.62. The summed E-state index contributed by atoms with van der Waals surface area (Å²) in [7, 11) is -2.89. The van der Waals surface area contributed by atoms with Crippen molar-refractivity contribution < 1.29 is 23.1 Å². The lowest BCUT2D eigenvalue weighted by Crippen LogP contribution is -2.50. The molecule has 2 rings (SSSR count). The number of rotatable bonds is 4. The Kier molecular flexibility index (Phi) is 5.27. The van der Waals surface area contributed by atoms with E-state index in [1.54, 1.807) is 6.92 Å². The summed E-state index contributed by atoms with van der Waals surface area (Å²) in [5.74, 6) is 0.0823. The first-order valence-electron chi connectivity index (χ1n) is 7.65. The summed E-state index contributed by atoms with van der Waals surface area (Å²) in [6.07, 6.45) is 2.42. The second-order valence-electron chi connectivity index (χ2n) is 6.18. The fourth-order valence-electron chi connectivity index (χ4n) is 3.13. The number of nitrogens with zero attached hydrogens (tertiary/aromatic N) is 1. The van der Waals surface area contributed by atoms with Crippen LogP contribution < -0.4 is 0 Å². The maximum Gasteiger partial charge on any atom is 0.308 e. The average Bonchev–Trinajstić information content (AvgIpc) is 2.42. The van der Waals surface area contributed by atoms with Crippen molar-refractivity contribution in [3.63, 3.8) is 0 Å². The molecule has 122 valence electrons. The van der Waals surface area contributed by atoms with Crippen LogP contribution >= 0.6 is 0 Å². The van der Waals surface area contributed by atoms with Crippen molar-refractivity contribution in [3.05, 3.63) is 0 Å². The zero-order chi connectivity index (χ0) is 15.5. The molecule has 0 bridgehead atoms. The van der Waals surface area contributed by atoms with Crippen molar-refractivity contribution >= 4 is 15.8 Å². The zero-order valence-electron chi connectivity index (χ0n) is 12.6. The molecule has 0 spiro atoms. The Hall–Kier alpha value is -0.660. The van der Waals surface area contributed by atoms with Gasteiger partial charge in [0, 0.05) is 19.6 Å². The Morgan fingerprint density at radius 3 is 2.38 bits per heavy atom. The number of hydrogen-bond donors (Lipinski definition) is 1. The van der Waals surface area contributed by atoms with Gasteiger partial charge in [0.15, 0.2) is 9.84 Å². The van der Waals surface area contributed by atoms with Gasteiger partial charge in [0.25, 0.3) is 0 Å². The van der Waals surface area contributed by atoms with E-state index < -0.39 is 15.4 Å². The van der Waals surface area contributed by atoms with E-state index in [9.17, 15) is 18.3 Å². The van der Waals surface area contributed by atoms with Gasteiger partial charge in [-0.3, -0.25) is 9.69 Å². The molecule has 1 heterocycles. The smallest absolute Gasteiger partial charge is 0.308 e. The molecule has 6 nitrogen and oxygen atoms in total. The van der Waals surface area contributed by atoms with E-state index in [-0.39, 0.29) is 23.4 Å². The largest absolute Gasteiger partial charge is 0.466 e. The van der Waals surface area contributed by atoms with Crippen molar-refractivity contribution in [1.82, 2.24) is 4.90 Å². The van der Waals surface area contributed by atoms with Gasteiger partial charge in [0.1, 0.15) is 0 Å². The van der Waals surface area contributed by atoms with Crippen molar-refractivity contribution in [2.24, 2.45) is 5.92 Å². The molecule has 0 aromatic rings. The van der Waals surface area contributed by atoms with Gasteiger partial charge in [0.2, 0.25) is 0 Å². The fourth-order valence-corrected chi connectivity index (χ4v) is 4.41. The number of carbonyl (C=O) groups excluding carboxylic acids is 1. The lowest BCUT2D eigenvalue weighted by atomic mass is 9.78. The van der Waals surface area contributed by atoms with Gasteiger partial charge >= 0.3 is 5.97 Å². The molecule has 2 aliphatic rings. The van der Waals surface area contributed by atoms with Crippen LogP contribution in [0.2, 0.25) is 0 Å². The minimum absolute atomic E-state index is 0.105. The van der Waals surface area contributed by atoms with Crippen LogP contribution in [0.5, 0.6) is 0 Å². The molecule has 2 fully saturated rings. The SMILES string of the molecule is CCOC(=O)C1CCC(O)(CN2CCS(=O)(=O)CC2)CC1. The lowest BCUT2D eigenvalue weighted by Gasteiger charge is -2.39. The third-order valence-electron chi connectivity index (χ3n) is 4.49. The molecular weight excluding hydrogens is 294 g/mol. The van der Waals surface area contributed by atoms with Crippen LogP contribution in [0.3, 0.4) is 0 Å². The molecule has 1 saturated heterocycles. The number of hydrogen-bond acceptors (Lipinski definition) is 6. The molecular formula is C14H25NO5S. The molecule has 0 radical (unpaired) electrons. The fraction of sp³-hybridized carbons (Fsp3) is 0.929. The van der Waals surface area contributed by atoms with Crippen molar-refractivity contribution in [2.45, 2.75) is 38.2 Å². The summed E-state index contributed by atoms with van der Waals surface area (Å²) >= 11 is 0. The number of ether oxygens (including phenoxy) is 1. The van der Waals surface area contributed by atoms with Crippen LogP contribution in [0.25, 0.3) is 0 Å². The molecule has 21 heavy (non-hydrogen) atoms. The van der Waals surface area contributed by atoms with Crippen LogP contribution in [0.4, 0.5) is 0 Å². The molecule has 0 amide bonds. The van der Waals surface area contributed by atoms with Crippen LogP contribution in [0.1, 0.15) is 32.6 Å². The van der Waals surface area contributed by atoms with E-state index in [4.69, 9.17) is 4.74 Å². The Bertz CT molecular complexity index is 454. The highest BCUT2D eigenvalue weighted by Gasteiger charge is 2.38. The zero-order valence-corrected chi connectivity index (χ0v) is 13.4. The topological polar surface area (TPSA) is 83.9 Å². The molecule has 7 heteroatoms. The molecule has 0 aromatic heterocycles. The monoisotopic (exact) mass is 319 g/mol. The highest BCUT2D eigenvalue weighted by Crippen LogP contribution is 2.33. The minimum atomic E-state index is -2.89. The number of carbonyl (C=O) groups is 1. The van der Waals surface area contributed by atoms with E-state index in [1.165, 1.54) is 0 Å². The highest BCUT2D eigenvalue weighted by atomic mass is 32.2. The summed E-state index contributed by atoms with van der Waals surface area (Å²) in [6.45, 7) is 3.67. The molecule has 0 unspecified atom stereocenters. The Morgan fingerprint density at radius 2 is 1.86 bits per heavy atom. The van der Waals surface area contributed by atoms with E-state index in [0.29, 0.717) is 51.9 Å². The standard InChI is InChI=1S/C14H25NO5S/c1-2-20-13(16)12-3-5-14(17,6-4-12)11-15-7-9-21(18,19)10-8-15/h12,17H,2-11H2,1H3. The Balaban J connectivity index is 1.81. The Morgan fingerprint density at radius 1 is 1.29 bits per heavy atom. The first kappa shape index (κ1) is 16.7. The number of esters is 1. The quantitative estimate of drug-likeness (QED) is 0.745. The van der Waals surface area contributed by atoms with Crippen LogP contribution in [0.15, 0.2) is 0 Å². The average molecular weight is 319 g/mol. The van der Waals surface area contributed by atoms with Gasteiger partial charge in [0.05, 0.1) is 29.6 Å². The molecule has 0 atom stereocenters. The number of sulfone groups is 1. The number of β-amino-alcohol motifs (C(OH)–C–C–N with tert-alkyl or cyclic N) is 1. The first-order chi connectivity index (χ1) is 9.84. The van der Waals surface area contributed by atoms with Crippen molar-refractivity contribution in [1.29, 1.82) is 0 Å². The van der Waals surface area contributed by atoms with Crippen LogP contribution in [0, 0.1) is 5.92 Å². The second-order valence-corrected chi connectivity index (χ2v) is 8.48. The lowest BCUT2D eigenvalue weighted by molar-refractivity contribution is -0.151. The normalized spacial score (nSPS) is 33.5. The van der Waals surface area contributed by atoms with E-state index in [1.807, 2.05) is 4.90 Å². The molecule has 1 saturated carbocycles. The van der Waals surface area contributed by atoms with Gasteiger partial charge in [-0.1, -0.05) is 0 Å². The number of aliphatic hydroxyl groups is 1.